The van der Waals surface area contributed by atoms with Crippen LogP contribution in [0.2, 0.25) is 0 Å². The molecular weight excluding hydrogens is 288 g/mol. The Morgan fingerprint density at radius 1 is 1.27 bits per heavy atom. The maximum absolute atomic E-state index is 11.0. The Bertz CT molecular complexity index is 593. The Morgan fingerprint density at radius 2 is 1.91 bits per heavy atom. The first-order valence-electron chi connectivity index (χ1n) is 6.88. The second-order valence-electron chi connectivity index (χ2n) is 5.99. The fourth-order valence-corrected chi connectivity index (χ4v) is 2.02. The number of hydrogen-bond donors (Lipinski definition) is 1. The third-order valence-corrected chi connectivity index (χ3v) is 3.38. The largest absolute Gasteiger partial charge is 0.301 e. The molecule has 1 aromatic rings. The number of nitro benzene ring substituents is 2. The molecule has 1 atom stereocenters. The molecule has 8 heteroatoms. The quantitative estimate of drug-likeness (QED) is 0.485. The molecule has 1 N–H and O–H groups in total. The van der Waals surface area contributed by atoms with Crippen LogP contribution in [-0.4, -0.2) is 16.1 Å². The second-order valence-corrected chi connectivity index (χ2v) is 5.99. The van der Waals surface area contributed by atoms with E-state index in [-0.39, 0.29) is 28.4 Å². The second kappa shape index (κ2) is 6.97. The fraction of sp³-hybridized carbons (Fsp3) is 0.500. The summed E-state index contributed by atoms with van der Waals surface area (Å²) >= 11 is 0. The van der Waals surface area contributed by atoms with E-state index in [1.807, 2.05) is 6.92 Å². The summed E-state index contributed by atoms with van der Waals surface area (Å²) in [6.45, 7) is 8.29. The van der Waals surface area contributed by atoms with Crippen LogP contribution >= 0.6 is 0 Å². The number of anilines is 1. The first-order chi connectivity index (χ1) is 10.2. The van der Waals surface area contributed by atoms with E-state index >= 15 is 0 Å². The predicted octanol–water partition coefficient (Wildman–Crippen LogP) is 3.97. The number of hydrazone groups is 1. The number of nitrogens with one attached hydrogen (secondary N) is 1. The van der Waals surface area contributed by atoms with E-state index in [1.54, 1.807) is 6.21 Å². The van der Waals surface area contributed by atoms with Gasteiger partial charge in [-0.15, -0.1) is 0 Å². The Labute approximate surface area is 128 Å². The lowest BCUT2D eigenvalue weighted by molar-refractivity contribution is -0.393. The summed E-state index contributed by atoms with van der Waals surface area (Å²) < 4.78 is 0. The molecule has 22 heavy (non-hydrogen) atoms. The van der Waals surface area contributed by atoms with Crippen LogP contribution in [0, 0.1) is 31.6 Å². The third-order valence-electron chi connectivity index (χ3n) is 3.38. The summed E-state index contributed by atoms with van der Waals surface area (Å²) in [5.74, 6) is 0.206. The molecule has 0 aliphatic heterocycles. The molecule has 1 aromatic carbocycles. The van der Waals surface area contributed by atoms with Crippen LogP contribution in [0.4, 0.5) is 17.1 Å². The van der Waals surface area contributed by atoms with Gasteiger partial charge in [0.25, 0.3) is 5.69 Å². The minimum Gasteiger partial charge on any atom is -0.272 e. The van der Waals surface area contributed by atoms with E-state index in [1.165, 1.54) is 12.1 Å². The van der Waals surface area contributed by atoms with E-state index in [0.29, 0.717) is 0 Å². The molecule has 0 radical (unpaired) electrons. The SMILES string of the molecule is CCC(/C=N/Nc1ccc([N+](=O)[O-])cc1[N+](=O)[O-])C(C)(C)C. The van der Waals surface area contributed by atoms with Crippen LogP contribution in [0.5, 0.6) is 0 Å². The van der Waals surface area contributed by atoms with Crippen LogP contribution in [0.3, 0.4) is 0 Å². The van der Waals surface area contributed by atoms with Gasteiger partial charge in [0.1, 0.15) is 5.69 Å². The van der Waals surface area contributed by atoms with Crippen molar-refractivity contribution >= 4 is 23.3 Å². The van der Waals surface area contributed by atoms with Crippen LogP contribution in [-0.2, 0) is 0 Å². The van der Waals surface area contributed by atoms with Gasteiger partial charge in [-0.25, -0.2) is 0 Å². The van der Waals surface area contributed by atoms with E-state index in [2.05, 4.69) is 31.3 Å². The zero-order valence-corrected chi connectivity index (χ0v) is 13.1. The van der Waals surface area contributed by atoms with Gasteiger partial charge in [0.2, 0.25) is 0 Å². The number of rotatable bonds is 6. The van der Waals surface area contributed by atoms with Gasteiger partial charge >= 0.3 is 5.69 Å². The van der Waals surface area contributed by atoms with Crippen LogP contribution < -0.4 is 5.43 Å². The van der Waals surface area contributed by atoms with Gasteiger partial charge < -0.3 is 0 Å². The van der Waals surface area contributed by atoms with Crippen molar-refractivity contribution in [1.82, 2.24) is 0 Å². The number of nitro groups is 2. The normalized spacial score (nSPS) is 13.1. The molecule has 0 fully saturated rings. The van der Waals surface area contributed by atoms with Gasteiger partial charge in [-0.3, -0.25) is 25.7 Å². The lowest BCUT2D eigenvalue weighted by Gasteiger charge is -2.25. The van der Waals surface area contributed by atoms with Gasteiger partial charge in [-0.05, 0) is 17.9 Å². The molecule has 120 valence electrons. The first kappa shape index (κ1) is 17.5. The molecule has 0 aromatic heterocycles. The number of non-ortho nitro benzene ring substituents is 1. The summed E-state index contributed by atoms with van der Waals surface area (Å²) in [7, 11) is 0. The maximum Gasteiger partial charge on any atom is 0.301 e. The van der Waals surface area contributed by atoms with Gasteiger partial charge in [0.15, 0.2) is 0 Å². The molecule has 0 heterocycles. The predicted molar refractivity (Wildman–Crippen MR) is 85.1 cm³/mol. The topological polar surface area (TPSA) is 111 Å². The molecule has 0 amide bonds. The average molecular weight is 308 g/mol. The number of nitrogens with zero attached hydrogens (tertiary/aromatic N) is 3. The van der Waals surface area contributed by atoms with Crippen LogP contribution in [0.15, 0.2) is 23.3 Å². The third kappa shape index (κ3) is 4.51. The summed E-state index contributed by atoms with van der Waals surface area (Å²) in [6, 6.07) is 3.40. The smallest absolute Gasteiger partial charge is 0.272 e. The molecule has 0 saturated heterocycles. The lowest BCUT2D eigenvalue weighted by atomic mass is 9.80. The van der Waals surface area contributed by atoms with Gasteiger partial charge in [0.05, 0.1) is 15.9 Å². The molecule has 8 nitrogen and oxygen atoms in total. The van der Waals surface area contributed by atoms with E-state index in [9.17, 15) is 20.2 Å². The van der Waals surface area contributed by atoms with Gasteiger partial charge in [-0.1, -0.05) is 27.7 Å². The molecule has 0 aliphatic rings. The number of benzene rings is 1. The van der Waals surface area contributed by atoms with Crippen LogP contribution in [0.1, 0.15) is 34.1 Å². The monoisotopic (exact) mass is 308 g/mol. The summed E-state index contributed by atoms with van der Waals surface area (Å²) in [6.07, 6.45) is 2.60. The van der Waals surface area contributed by atoms with Crippen LogP contribution in [0.25, 0.3) is 0 Å². The molecule has 1 unspecified atom stereocenters. The first-order valence-corrected chi connectivity index (χ1v) is 6.88. The molecule has 0 bridgehead atoms. The van der Waals surface area contributed by atoms with Gasteiger partial charge in [-0.2, -0.15) is 5.10 Å². The van der Waals surface area contributed by atoms with Gasteiger partial charge in [0, 0.05) is 18.2 Å². The number of hydrogen-bond acceptors (Lipinski definition) is 6. The zero-order chi connectivity index (χ0) is 16.9. The Morgan fingerprint density at radius 3 is 2.36 bits per heavy atom. The highest BCUT2D eigenvalue weighted by atomic mass is 16.6. The lowest BCUT2D eigenvalue weighted by Crippen LogP contribution is -2.21. The van der Waals surface area contributed by atoms with Crippen molar-refractivity contribution in [3.8, 4) is 0 Å². The summed E-state index contributed by atoms with van der Waals surface area (Å²) in [5, 5.41) is 25.7. The molecular formula is C14H20N4O4. The summed E-state index contributed by atoms with van der Waals surface area (Å²) in [4.78, 5) is 20.3. The summed E-state index contributed by atoms with van der Waals surface area (Å²) in [5.41, 5.74) is 2.04. The highest BCUT2D eigenvalue weighted by Gasteiger charge is 2.22. The van der Waals surface area contributed by atoms with Crippen molar-refractivity contribution in [2.24, 2.45) is 16.4 Å². The average Bonchev–Trinajstić information content (AvgIpc) is 2.41. The van der Waals surface area contributed by atoms with Crippen molar-refractivity contribution in [2.45, 2.75) is 34.1 Å². The Kier molecular flexibility index (Phi) is 5.56. The van der Waals surface area contributed by atoms with Crippen molar-refractivity contribution in [2.75, 3.05) is 5.43 Å². The standard InChI is InChI=1S/C14H20N4O4/c1-5-10(14(2,3)4)9-15-16-12-7-6-11(17(19)20)8-13(12)18(21)22/h6-10,16H,5H2,1-4H3/b15-9+. The fourth-order valence-electron chi connectivity index (χ4n) is 2.02. The van der Waals surface area contributed by atoms with Crippen molar-refractivity contribution in [3.63, 3.8) is 0 Å². The van der Waals surface area contributed by atoms with E-state index in [4.69, 9.17) is 0 Å². The van der Waals surface area contributed by atoms with Crippen molar-refractivity contribution in [3.05, 3.63) is 38.4 Å². The minimum atomic E-state index is -0.675. The molecule has 0 saturated carbocycles. The molecule has 0 aliphatic carbocycles. The van der Waals surface area contributed by atoms with E-state index in [0.717, 1.165) is 12.5 Å². The maximum atomic E-state index is 11.0. The minimum absolute atomic E-state index is 0.0291. The van der Waals surface area contributed by atoms with Crippen molar-refractivity contribution < 1.29 is 9.85 Å². The Hall–Kier alpha value is -2.51. The molecule has 0 spiro atoms. The Balaban J connectivity index is 2.98. The van der Waals surface area contributed by atoms with E-state index < -0.39 is 9.85 Å². The molecule has 1 rings (SSSR count). The highest BCUT2D eigenvalue weighted by Crippen LogP contribution is 2.30. The van der Waals surface area contributed by atoms with Crippen molar-refractivity contribution in [1.29, 1.82) is 0 Å². The zero-order valence-electron chi connectivity index (χ0n) is 13.1. The highest BCUT2D eigenvalue weighted by molar-refractivity contribution is 5.68.